The van der Waals surface area contributed by atoms with E-state index in [1.165, 1.54) is 12.1 Å². The predicted molar refractivity (Wildman–Crippen MR) is 66.8 cm³/mol. The standard InChI is InChI=1S/C11H12ClFN2O2S/c1-8(5-14)6-15-18(16,17)7-9-2-3-11(13)10(12)4-9/h2-4,8,15H,6-7H2,1H3. The Hall–Kier alpha value is -1.16. The zero-order chi connectivity index (χ0) is 13.8. The topological polar surface area (TPSA) is 70.0 Å². The fraction of sp³-hybridized carbons (Fsp3) is 0.364. The van der Waals surface area contributed by atoms with Crippen molar-refractivity contribution < 1.29 is 12.8 Å². The quantitative estimate of drug-likeness (QED) is 0.902. The number of sulfonamides is 1. The number of rotatable bonds is 5. The second-order valence-corrected chi connectivity index (χ2v) is 6.10. The monoisotopic (exact) mass is 290 g/mol. The van der Waals surface area contributed by atoms with E-state index in [4.69, 9.17) is 16.9 Å². The van der Waals surface area contributed by atoms with E-state index in [-0.39, 0.29) is 17.3 Å². The van der Waals surface area contributed by atoms with Gasteiger partial charge in [0.1, 0.15) is 5.82 Å². The summed E-state index contributed by atoms with van der Waals surface area (Å²) in [5, 5.41) is 8.43. The highest BCUT2D eigenvalue weighted by molar-refractivity contribution is 7.88. The second kappa shape index (κ2) is 6.14. The third-order valence-corrected chi connectivity index (χ3v) is 3.78. The van der Waals surface area contributed by atoms with Crippen molar-refractivity contribution in [3.8, 4) is 6.07 Å². The molecule has 0 amide bonds. The van der Waals surface area contributed by atoms with Crippen LogP contribution in [0.4, 0.5) is 4.39 Å². The maximum atomic E-state index is 12.9. The molecular formula is C11H12ClFN2O2S. The van der Waals surface area contributed by atoms with Crippen LogP contribution in [0.2, 0.25) is 5.02 Å². The minimum absolute atomic E-state index is 0.0494. The highest BCUT2D eigenvalue weighted by atomic mass is 35.5. The molecule has 0 fully saturated rings. The fourth-order valence-electron chi connectivity index (χ4n) is 1.20. The normalized spacial score (nSPS) is 13.0. The first-order valence-corrected chi connectivity index (χ1v) is 7.18. The summed E-state index contributed by atoms with van der Waals surface area (Å²) in [6.07, 6.45) is 0. The highest BCUT2D eigenvalue weighted by Crippen LogP contribution is 2.17. The first-order chi connectivity index (χ1) is 8.34. The van der Waals surface area contributed by atoms with Crippen LogP contribution in [-0.2, 0) is 15.8 Å². The van der Waals surface area contributed by atoms with Gasteiger partial charge in [0.2, 0.25) is 10.0 Å². The summed E-state index contributed by atoms with van der Waals surface area (Å²) in [6, 6.07) is 5.66. The fourth-order valence-corrected chi connectivity index (χ4v) is 2.63. The number of hydrogen-bond donors (Lipinski definition) is 1. The Labute approximate surface area is 110 Å². The minimum atomic E-state index is -3.55. The molecular weight excluding hydrogens is 279 g/mol. The minimum Gasteiger partial charge on any atom is -0.214 e. The first kappa shape index (κ1) is 14.9. The van der Waals surface area contributed by atoms with E-state index < -0.39 is 21.8 Å². The summed E-state index contributed by atoms with van der Waals surface area (Å²) >= 11 is 5.56. The molecule has 1 unspecified atom stereocenters. The van der Waals surface area contributed by atoms with Gasteiger partial charge in [-0.2, -0.15) is 5.26 Å². The lowest BCUT2D eigenvalue weighted by Crippen LogP contribution is -2.29. The molecule has 0 heterocycles. The summed E-state index contributed by atoms with van der Waals surface area (Å²) in [7, 11) is -3.55. The van der Waals surface area contributed by atoms with Gasteiger partial charge in [0.05, 0.1) is 22.8 Å². The van der Waals surface area contributed by atoms with Crippen LogP contribution < -0.4 is 4.72 Å². The van der Waals surface area contributed by atoms with Gasteiger partial charge in [-0.15, -0.1) is 0 Å². The zero-order valence-electron chi connectivity index (χ0n) is 9.65. The molecule has 0 saturated heterocycles. The van der Waals surface area contributed by atoms with Crippen molar-refractivity contribution in [1.29, 1.82) is 5.26 Å². The number of halogens is 2. The highest BCUT2D eigenvalue weighted by Gasteiger charge is 2.13. The van der Waals surface area contributed by atoms with Gasteiger partial charge in [-0.1, -0.05) is 17.7 Å². The Kier molecular flexibility index (Phi) is 5.08. The molecule has 1 aromatic rings. The molecule has 0 aliphatic carbocycles. The van der Waals surface area contributed by atoms with E-state index in [1.807, 2.05) is 6.07 Å². The smallest absolute Gasteiger partial charge is 0.214 e. The summed E-state index contributed by atoms with van der Waals surface area (Å²) in [4.78, 5) is 0. The van der Waals surface area contributed by atoms with Crippen LogP contribution in [0.1, 0.15) is 12.5 Å². The third-order valence-electron chi connectivity index (χ3n) is 2.17. The molecule has 1 rings (SSSR count). The molecule has 0 radical (unpaired) electrons. The molecule has 1 N–H and O–H groups in total. The van der Waals surface area contributed by atoms with E-state index in [9.17, 15) is 12.8 Å². The lowest BCUT2D eigenvalue weighted by Gasteiger charge is -2.08. The van der Waals surface area contributed by atoms with Crippen LogP contribution in [0.15, 0.2) is 18.2 Å². The Morgan fingerprint density at radius 3 is 2.78 bits per heavy atom. The van der Waals surface area contributed by atoms with Crippen LogP contribution in [-0.4, -0.2) is 15.0 Å². The van der Waals surface area contributed by atoms with Gasteiger partial charge in [-0.05, 0) is 24.6 Å². The molecule has 1 atom stereocenters. The third kappa shape index (κ3) is 4.61. The summed E-state index contributed by atoms with van der Waals surface area (Å²) in [5.74, 6) is -1.30. The Bertz CT molecular complexity index is 569. The maximum absolute atomic E-state index is 12.9. The Morgan fingerprint density at radius 2 is 2.22 bits per heavy atom. The zero-order valence-corrected chi connectivity index (χ0v) is 11.2. The van der Waals surface area contributed by atoms with Crippen LogP contribution in [0.5, 0.6) is 0 Å². The van der Waals surface area contributed by atoms with E-state index in [0.29, 0.717) is 5.56 Å². The summed E-state index contributed by atoms with van der Waals surface area (Å²) < 4.78 is 38.5. The van der Waals surface area contributed by atoms with Gasteiger partial charge in [0, 0.05) is 6.54 Å². The van der Waals surface area contributed by atoms with Gasteiger partial charge in [-0.3, -0.25) is 0 Å². The Balaban J connectivity index is 2.71. The molecule has 0 spiro atoms. The lowest BCUT2D eigenvalue weighted by atomic mass is 10.2. The molecule has 98 valence electrons. The number of hydrogen-bond acceptors (Lipinski definition) is 3. The second-order valence-electron chi connectivity index (χ2n) is 3.89. The van der Waals surface area contributed by atoms with E-state index in [2.05, 4.69) is 4.72 Å². The molecule has 0 saturated carbocycles. The molecule has 18 heavy (non-hydrogen) atoms. The van der Waals surface area contributed by atoms with E-state index in [0.717, 1.165) is 6.07 Å². The van der Waals surface area contributed by atoms with Crippen molar-refractivity contribution in [3.63, 3.8) is 0 Å². The molecule has 1 aromatic carbocycles. The van der Waals surface area contributed by atoms with Gasteiger partial charge < -0.3 is 0 Å². The van der Waals surface area contributed by atoms with Crippen molar-refractivity contribution in [1.82, 2.24) is 4.72 Å². The number of nitrogens with one attached hydrogen (secondary N) is 1. The molecule has 7 heteroatoms. The average Bonchev–Trinajstić information content (AvgIpc) is 2.30. The maximum Gasteiger partial charge on any atom is 0.215 e. The van der Waals surface area contributed by atoms with Crippen molar-refractivity contribution in [3.05, 3.63) is 34.6 Å². The van der Waals surface area contributed by atoms with Gasteiger partial charge in [0.25, 0.3) is 0 Å². The van der Waals surface area contributed by atoms with Crippen molar-refractivity contribution in [2.75, 3.05) is 6.54 Å². The van der Waals surface area contributed by atoms with Crippen molar-refractivity contribution in [2.45, 2.75) is 12.7 Å². The average molecular weight is 291 g/mol. The van der Waals surface area contributed by atoms with Crippen LogP contribution in [0.25, 0.3) is 0 Å². The molecule has 0 aliphatic heterocycles. The lowest BCUT2D eigenvalue weighted by molar-refractivity contribution is 0.571. The molecule has 0 bridgehead atoms. The molecule has 0 aliphatic rings. The van der Waals surface area contributed by atoms with Crippen molar-refractivity contribution >= 4 is 21.6 Å². The van der Waals surface area contributed by atoms with Crippen molar-refractivity contribution in [2.24, 2.45) is 5.92 Å². The Morgan fingerprint density at radius 1 is 1.56 bits per heavy atom. The number of nitrogens with zero attached hydrogens (tertiary/aromatic N) is 1. The largest absolute Gasteiger partial charge is 0.215 e. The SMILES string of the molecule is CC(C#N)CNS(=O)(=O)Cc1ccc(F)c(Cl)c1. The van der Waals surface area contributed by atoms with E-state index in [1.54, 1.807) is 6.92 Å². The molecule has 4 nitrogen and oxygen atoms in total. The molecule has 0 aromatic heterocycles. The number of nitriles is 1. The van der Waals surface area contributed by atoms with Crippen LogP contribution in [0, 0.1) is 23.1 Å². The predicted octanol–water partition coefficient (Wildman–Crippen LogP) is 2.06. The van der Waals surface area contributed by atoms with Gasteiger partial charge in [-0.25, -0.2) is 17.5 Å². The van der Waals surface area contributed by atoms with Crippen LogP contribution in [0.3, 0.4) is 0 Å². The van der Waals surface area contributed by atoms with Gasteiger partial charge >= 0.3 is 0 Å². The summed E-state index contributed by atoms with van der Waals surface area (Å²) in [6.45, 7) is 1.66. The summed E-state index contributed by atoms with van der Waals surface area (Å²) in [5.41, 5.74) is 0.388. The first-order valence-electron chi connectivity index (χ1n) is 5.15. The van der Waals surface area contributed by atoms with Gasteiger partial charge in [0.15, 0.2) is 0 Å². The van der Waals surface area contributed by atoms with Crippen LogP contribution >= 0.6 is 11.6 Å². The number of benzene rings is 1. The van der Waals surface area contributed by atoms with E-state index >= 15 is 0 Å².